The molecule has 13 heavy (non-hydrogen) atoms. The molecule has 0 saturated heterocycles. The Morgan fingerprint density at radius 3 is 2.85 bits per heavy atom. The maximum Gasteiger partial charge on any atom is 0.120 e. The van der Waals surface area contributed by atoms with Crippen molar-refractivity contribution in [2.75, 3.05) is 13.7 Å². The van der Waals surface area contributed by atoms with E-state index < -0.39 is 0 Å². The highest BCUT2D eigenvalue weighted by atomic mass is 79.9. The molecule has 1 aromatic carbocycles. The van der Waals surface area contributed by atoms with Crippen molar-refractivity contribution < 1.29 is 4.74 Å². The number of nitrogens with two attached hydrogens (primary N) is 1. The fourth-order valence-electron chi connectivity index (χ4n) is 0.965. The van der Waals surface area contributed by atoms with Crippen LogP contribution >= 0.6 is 15.9 Å². The Balaban J connectivity index is 2.91. The molecule has 0 bridgehead atoms. The lowest BCUT2D eigenvalue weighted by atomic mass is 10.2. The van der Waals surface area contributed by atoms with Gasteiger partial charge >= 0.3 is 0 Å². The summed E-state index contributed by atoms with van der Waals surface area (Å²) < 4.78 is 6.09. The van der Waals surface area contributed by atoms with Crippen molar-refractivity contribution in [1.82, 2.24) is 0 Å². The molecule has 70 valence electrons. The van der Waals surface area contributed by atoms with Crippen molar-refractivity contribution in [3.8, 4) is 5.75 Å². The summed E-state index contributed by atoms with van der Waals surface area (Å²) in [5.74, 6) is 0.844. The highest BCUT2D eigenvalue weighted by molar-refractivity contribution is 9.10. The number of benzene rings is 1. The summed E-state index contributed by atoms with van der Waals surface area (Å²) in [5.41, 5.74) is 6.46. The van der Waals surface area contributed by atoms with Crippen molar-refractivity contribution in [1.29, 1.82) is 0 Å². The Morgan fingerprint density at radius 1 is 1.54 bits per heavy atom. The molecule has 0 aliphatic rings. The molecule has 0 aliphatic carbocycles. The van der Waals surface area contributed by atoms with Gasteiger partial charge in [0.25, 0.3) is 0 Å². The van der Waals surface area contributed by atoms with Gasteiger partial charge in [0, 0.05) is 11.0 Å². The van der Waals surface area contributed by atoms with E-state index in [2.05, 4.69) is 15.9 Å². The molecule has 0 fully saturated rings. The molecule has 2 N–H and O–H groups in total. The van der Waals surface area contributed by atoms with Crippen molar-refractivity contribution >= 4 is 22.0 Å². The van der Waals surface area contributed by atoms with Crippen LogP contribution in [0.15, 0.2) is 28.7 Å². The van der Waals surface area contributed by atoms with E-state index in [9.17, 15) is 0 Å². The smallest absolute Gasteiger partial charge is 0.120 e. The fourth-order valence-corrected chi connectivity index (χ4v) is 1.45. The molecular weight excluding hydrogens is 230 g/mol. The molecule has 0 aliphatic heterocycles. The maximum absolute atomic E-state index is 5.36. The summed E-state index contributed by atoms with van der Waals surface area (Å²) in [5, 5.41) is 0. The zero-order valence-corrected chi connectivity index (χ0v) is 9.04. The highest BCUT2D eigenvalue weighted by Gasteiger charge is 1.97. The van der Waals surface area contributed by atoms with E-state index in [4.69, 9.17) is 10.5 Å². The van der Waals surface area contributed by atoms with Crippen LogP contribution in [0.3, 0.4) is 0 Å². The highest BCUT2D eigenvalue weighted by Crippen LogP contribution is 2.23. The first-order valence-corrected chi connectivity index (χ1v) is 4.77. The van der Waals surface area contributed by atoms with Crippen LogP contribution in [0.4, 0.5) is 0 Å². The molecule has 3 heteroatoms. The number of ether oxygens (including phenoxy) is 1. The molecule has 1 rings (SSSR count). The average Bonchev–Trinajstić information content (AvgIpc) is 2.16. The Morgan fingerprint density at radius 2 is 2.31 bits per heavy atom. The Kier molecular flexibility index (Phi) is 3.99. The van der Waals surface area contributed by atoms with Gasteiger partial charge in [0.1, 0.15) is 5.75 Å². The minimum Gasteiger partial charge on any atom is -0.497 e. The number of hydrogen-bond donors (Lipinski definition) is 1. The maximum atomic E-state index is 5.36. The summed E-state index contributed by atoms with van der Waals surface area (Å²) in [6.07, 6.45) is 3.89. The SMILES string of the molecule is COc1ccc(C=CCN)c(Br)c1. The standard InChI is InChI=1S/C10H12BrNO/c1-13-9-5-4-8(3-2-6-12)10(11)7-9/h2-5,7H,6,12H2,1H3. The number of rotatable bonds is 3. The molecule has 0 amide bonds. The quantitative estimate of drug-likeness (QED) is 0.883. The normalized spacial score (nSPS) is 10.7. The third-order valence-corrected chi connectivity index (χ3v) is 2.33. The van der Waals surface area contributed by atoms with Gasteiger partial charge in [-0.2, -0.15) is 0 Å². The Labute approximate surface area is 86.5 Å². The van der Waals surface area contributed by atoms with E-state index in [1.807, 2.05) is 30.4 Å². The molecule has 0 spiro atoms. The summed E-state index contributed by atoms with van der Waals surface area (Å²) in [6.45, 7) is 0.554. The summed E-state index contributed by atoms with van der Waals surface area (Å²) in [4.78, 5) is 0. The van der Waals surface area contributed by atoms with Gasteiger partial charge in [-0.05, 0) is 17.7 Å². The predicted molar refractivity (Wildman–Crippen MR) is 58.8 cm³/mol. The van der Waals surface area contributed by atoms with Crippen LogP contribution in [0, 0.1) is 0 Å². The van der Waals surface area contributed by atoms with Crippen LogP contribution in [0.1, 0.15) is 5.56 Å². The zero-order valence-electron chi connectivity index (χ0n) is 7.46. The van der Waals surface area contributed by atoms with Crippen molar-refractivity contribution in [3.05, 3.63) is 34.3 Å². The van der Waals surface area contributed by atoms with Gasteiger partial charge in [-0.15, -0.1) is 0 Å². The largest absolute Gasteiger partial charge is 0.497 e. The van der Waals surface area contributed by atoms with E-state index in [0.29, 0.717) is 6.54 Å². The lowest BCUT2D eigenvalue weighted by Crippen LogP contribution is -1.92. The molecule has 0 radical (unpaired) electrons. The number of hydrogen-bond acceptors (Lipinski definition) is 2. The summed E-state index contributed by atoms with van der Waals surface area (Å²) >= 11 is 3.45. The van der Waals surface area contributed by atoms with E-state index in [0.717, 1.165) is 15.8 Å². The van der Waals surface area contributed by atoms with Gasteiger partial charge in [-0.1, -0.05) is 34.1 Å². The van der Waals surface area contributed by atoms with E-state index in [-0.39, 0.29) is 0 Å². The first kappa shape index (κ1) is 10.3. The van der Waals surface area contributed by atoms with Crippen LogP contribution < -0.4 is 10.5 Å². The van der Waals surface area contributed by atoms with Gasteiger partial charge in [0.15, 0.2) is 0 Å². The lowest BCUT2D eigenvalue weighted by molar-refractivity contribution is 0.414. The molecule has 0 saturated carbocycles. The number of methoxy groups -OCH3 is 1. The summed E-state index contributed by atoms with van der Waals surface area (Å²) in [7, 11) is 1.65. The Hall–Kier alpha value is -0.800. The van der Waals surface area contributed by atoms with E-state index in [1.54, 1.807) is 7.11 Å². The van der Waals surface area contributed by atoms with Gasteiger partial charge < -0.3 is 10.5 Å². The van der Waals surface area contributed by atoms with Crippen LogP contribution in [0.25, 0.3) is 6.08 Å². The van der Waals surface area contributed by atoms with Crippen molar-refractivity contribution in [3.63, 3.8) is 0 Å². The number of halogens is 1. The van der Waals surface area contributed by atoms with Crippen LogP contribution in [-0.4, -0.2) is 13.7 Å². The van der Waals surface area contributed by atoms with Crippen LogP contribution in [-0.2, 0) is 0 Å². The zero-order chi connectivity index (χ0) is 9.68. The monoisotopic (exact) mass is 241 g/mol. The fraction of sp³-hybridized carbons (Fsp3) is 0.200. The second-order valence-electron chi connectivity index (χ2n) is 2.53. The van der Waals surface area contributed by atoms with Gasteiger partial charge in [0.2, 0.25) is 0 Å². The molecular formula is C10H12BrNO. The van der Waals surface area contributed by atoms with Crippen molar-refractivity contribution in [2.45, 2.75) is 0 Å². The minimum absolute atomic E-state index is 0.554. The average molecular weight is 242 g/mol. The molecule has 0 atom stereocenters. The lowest BCUT2D eigenvalue weighted by Gasteiger charge is -2.02. The van der Waals surface area contributed by atoms with Gasteiger partial charge in [0.05, 0.1) is 7.11 Å². The van der Waals surface area contributed by atoms with Gasteiger partial charge in [-0.25, -0.2) is 0 Å². The molecule has 1 aromatic rings. The van der Waals surface area contributed by atoms with Crippen LogP contribution in [0.5, 0.6) is 5.75 Å². The third-order valence-electron chi connectivity index (χ3n) is 1.64. The topological polar surface area (TPSA) is 35.2 Å². The molecule has 2 nitrogen and oxygen atoms in total. The molecule has 0 heterocycles. The minimum atomic E-state index is 0.554. The second kappa shape index (κ2) is 5.04. The first-order valence-electron chi connectivity index (χ1n) is 3.98. The first-order chi connectivity index (χ1) is 6.27. The van der Waals surface area contributed by atoms with Crippen molar-refractivity contribution in [2.24, 2.45) is 5.73 Å². The predicted octanol–water partition coefficient (Wildman–Crippen LogP) is 2.43. The molecule has 0 aromatic heterocycles. The van der Waals surface area contributed by atoms with Gasteiger partial charge in [-0.3, -0.25) is 0 Å². The summed E-state index contributed by atoms with van der Waals surface area (Å²) in [6, 6.07) is 5.83. The van der Waals surface area contributed by atoms with Crippen LogP contribution in [0.2, 0.25) is 0 Å². The molecule has 0 unspecified atom stereocenters. The second-order valence-corrected chi connectivity index (χ2v) is 3.38. The van der Waals surface area contributed by atoms with E-state index in [1.165, 1.54) is 0 Å². The third kappa shape index (κ3) is 2.86. The Bertz CT molecular complexity index is 310. The van der Waals surface area contributed by atoms with E-state index >= 15 is 0 Å².